The normalized spacial score (nSPS) is 14.0. The van der Waals surface area contributed by atoms with Crippen molar-refractivity contribution < 1.29 is 19.1 Å². The highest BCUT2D eigenvalue weighted by Crippen LogP contribution is 2.36. The molecule has 9 heteroatoms. The highest BCUT2D eigenvalue weighted by Gasteiger charge is 2.39. The number of hydrogen-bond donors (Lipinski definition) is 4. The Hall–Kier alpha value is -4.63. The SMILES string of the molecule is CC(C)(C)OC(=O)N[C@H](CC(=O)NC(c1ccccc1)(c1ccccc1)c1ccccc1)C(=O)NCCN1CC=CN1. The Bertz CT molecular complexity index is 1250. The van der Waals surface area contributed by atoms with E-state index in [-0.39, 0.29) is 6.42 Å². The van der Waals surface area contributed by atoms with E-state index >= 15 is 0 Å². The minimum atomic E-state index is -1.16. The van der Waals surface area contributed by atoms with Gasteiger partial charge in [-0.15, -0.1) is 0 Å². The van der Waals surface area contributed by atoms with Crippen LogP contribution in [0, 0.1) is 0 Å². The minimum Gasteiger partial charge on any atom is -0.444 e. The first-order chi connectivity index (χ1) is 20.2. The van der Waals surface area contributed by atoms with Crippen LogP contribution in [0.3, 0.4) is 0 Å². The van der Waals surface area contributed by atoms with Gasteiger partial charge in [0.05, 0.1) is 6.42 Å². The quantitative estimate of drug-likeness (QED) is 0.261. The molecule has 9 nitrogen and oxygen atoms in total. The Kier molecular flexibility index (Phi) is 9.98. The molecule has 4 N–H and O–H groups in total. The number of carbonyl (C=O) groups is 3. The van der Waals surface area contributed by atoms with Gasteiger partial charge in [-0.1, -0.05) is 97.1 Å². The number of nitrogens with one attached hydrogen (secondary N) is 4. The van der Waals surface area contributed by atoms with Gasteiger partial charge in [-0.3, -0.25) is 9.59 Å². The summed E-state index contributed by atoms with van der Waals surface area (Å²) >= 11 is 0. The van der Waals surface area contributed by atoms with E-state index < -0.39 is 35.1 Å². The lowest BCUT2D eigenvalue weighted by Gasteiger charge is -2.37. The summed E-state index contributed by atoms with van der Waals surface area (Å²) < 4.78 is 5.41. The predicted octanol–water partition coefficient (Wildman–Crippen LogP) is 3.83. The molecule has 3 aromatic carbocycles. The molecule has 0 aliphatic carbocycles. The van der Waals surface area contributed by atoms with Gasteiger partial charge in [0.15, 0.2) is 0 Å². The van der Waals surface area contributed by atoms with E-state index in [0.717, 1.165) is 23.2 Å². The van der Waals surface area contributed by atoms with Gasteiger partial charge in [0.2, 0.25) is 11.8 Å². The molecule has 3 amide bonds. The van der Waals surface area contributed by atoms with Crippen molar-refractivity contribution in [1.82, 2.24) is 26.4 Å². The van der Waals surface area contributed by atoms with E-state index in [2.05, 4.69) is 21.4 Å². The maximum absolute atomic E-state index is 13.9. The van der Waals surface area contributed by atoms with Crippen LogP contribution in [0.1, 0.15) is 43.9 Å². The number of rotatable bonds is 11. The molecule has 1 aliphatic heterocycles. The van der Waals surface area contributed by atoms with Crippen molar-refractivity contribution in [2.45, 2.75) is 44.4 Å². The summed E-state index contributed by atoms with van der Waals surface area (Å²) in [6, 6.07) is 27.9. The summed E-state index contributed by atoms with van der Waals surface area (Å²) in [5.41, 5.74) is 3.80. The van der Waals surface area contributed by atoms with E-state index in [1.807, 2.05) is 108 Å². The van der Waals surface area contributed by atoms with Crippen molar-refractivity contribution in [2.75, 3.05) is 19.6 Å². The fraction of sp³-hybridized carbons (Fsp3) is 0.303. The van der Waals surface area contributed by atoms with Crippen LogP contribution >= 0.6 is 0 Å². The number of ether oxygens (including phenoxy) is 1. The first kappa shape index (κ1) is 30.3. The van der Waals surface area contributed by atoms with Gasteiger partial charge in [-0.2, -0.15) is 0 Å². The molecule has 3 aromatic rings. The average molecular weight is 570 g/mol. The maximum atomic E-state index is 13.9. The Morgan fingerprint density at radius 1 is 0.857 bits per heavy atom. The topological polar surface area (TPSA) is 112 Å². The van der Waals surface area contributed by atoms with Crippen molar-refractivity contribution in [3.8, 4) is 0 Å². The number of hydrogen-bond acceptors (Lipinski definition) is 6. The molecule has 0 spiro atoms. The second-order valence-electron chi connectivity index (χ2n) is 11.1. The smallest absolute Gasteiger partial charge is 0.408 e. The molecule has 0 unspecified atom stereocenters. The molecule has 4 rings (SSSR count). The van der Waals surface area contributed by atoms with Crippen LogP contribution in [0.25, 0.3) is 0 Å². The van der Waals surface area contributed by atoms with Gasteiger partial charge in [0.1, 0.15) is 17.2 Å². The number of nitrogens with zero attached hydrogens (tertiary/aromatic N) is 1. The predicted molar refractivity (Wildman–Crippen MR) is 162 cm³/mol. The summed E-state index contributed by atoms with van der Waals surface area (Å²) in [7, 11) is 0. The molecule has 220 valence electrons. The summed E-state index contributed by atoms with van der Waals surface area (Å²) in [4.78, 5) is 40.0. The first-order valence-corrected chi connectivity index (χ1v) is 14.1. The minimum absolute atomic E-state index is 0.303. The van der Waals surface area contributed by atoms with E-state index in [1.54, 1.807) is 20.8 Å². The molecule has 0 aromatic heterocycles. The van der Waals surface area contributed by atoms with Crippen LogP contribution in [0.5, 0.6) is 0 Å². The standard InChI is InChI=1S/C33H39N5O4/c1-32(2,3)42-31(41)36-28(30(40)34-21-23-38-22-13-20-35-38)24-29(39)37-33(25-14-7-4-8-15-25,26-16-9-5-10-17-26)27-18-11-6-12-19-27/h4-20,28,35H,21-24H2,1-3H3,(H,34,40)(H,36,41)(H,37,39)/t28-/m1/s1. The number of carbonyl (C=O) groups excluding carboxylic acids is 3. The molecule has 0 fully saturated rings. The van der Waals surface area contributed by atoms with Crippen molar-refractivity contribution in [3.05, 3.63) is 120 Å². The molecular formula is C33H39N5O4. The third kappa shape index (κ3) is 7.98. The first-order valence-electron chi connectivity index (χ1n) is 14.1. The monoisotopic (exact) mass is 569 g/mol. The van der Waals surface area contributed by atoms with Crippen LogP contribution in [-0.4, -0.2) is 54.2 Å². The average Bonchev–Trinajstić information content (AvgIpc) is 3.49. The fourth-order valence-corrected chi connectivity index (χ4v) is 4.87. The van der Waals surface area contributed by atoms with Gasteiger partial charge in [0, 0.05) is 25.8 Å². The van der Waals surface area contributed by atoms with Crippen LogP contribution in [0.2, 0.25) is 0 Å². The maximum Gasteiger partial charge on any atom is 0.408 e. The highest BCUT2D eigenvalue weighted by atomic mass is 16.6. The van der Waals surface area contributed by atoms with E-state index in [1.165, 1.54) is 0 Å². The third-order valence-corrected chi connectivity index (χ3v) is 6.73. The van der Waals surface area contributed by atoms with Crippen LogP contribution in [0.15, 0.2) is 103 Å². The van der Waals surface area contributed by atoms with Gasteiger partial charge in [0.25, 0.3) is 0 Å². The summed E-state index contributed by atoms with van der Waals surface area (Å²) in [6.45, 7) is 6.80. The number of amides is 3. The zero-order valence-electron chi connectivity index (χ0n) is 24.3. The Morgan fingerprint density at radius 2 is 1.38 bits per heavy atom. The molecule has 1 heterocycles. The fourth-order valence-electron chi connectivity index (χ4n) is 4.87. The van der Waals surface area contributed by atoms with Gasteiger partial charge in [-0.25, -0.2) is 9.80 Å². The summed E-state index contributed by atoms with van der Waals surface area (Å²) in [6.07, 6.45) is 2.72. The van der Waals surface area contributed by atoms with Crippen LogP contribution in [0.4, 0.5) is 4.79 Å². The zero-order chi connectivity index (χ0) is 30.0. The van der Waals surface area contributed by atoms with Crippen molar-refractivity contribution in [1.29, 1.82) is 0 Å². The third-order valence-electron chi connectivity index (χ3n) is 6.73. The molecule has 0 bridgehead atoms. The number of benzene rings is 3. The second kappa shape index (κ2) is 13.8. The molecule has 42 heavy (non-hydrogen) atoms. The molecule has 0 saturated heterocycles. The summed E-state index contributed by atoms with van der Waals surface area (Å²) in [5, 5.41) is 10.6. The van der Waals surface area contributed by atoms with Crippen molar-refractivity contribution >= 4 is 17.9 Å². The molecular weight excluding hydrogens is 530 g/mol. The zero-order valence-corrected chi connectivity index (χ0v) is 24.3. The second-order valence-corrected chi connectivity index (χ2v) is 11.1. The van der Waals surface area contributed by atoms with Crippen molar-refractivity contribution in [3.63, 3.8) is 0 Å². The molecule has 0 saturated carbocycles. The van der Waals surface area contributed by atoms with Gasteiger partial charge in [-0.05, 0) is 37.5 Å². The van der Waals surface area contributed by atoms with E-state index in [4.69, 9.17) is 4.74 Å². The van der Waals surface area contributed by atoms with Crippen LogP contribution < -0.4 is 21.4 Å². The van der Waals surface area contributed by atoms with Crippen molar-refractivity contribution in [2.24, 2.45) is 0 Å². The number of hydrazine groups is 1. The Labute approximate surface area is 247 Å². The van der Waals surface area contributed by atoms with E-state index in [0.29, 0.717) is 13.1 Å². The van der Waals surface area contributed by atoms with Crippen LogP contribution in [-0.2, 0) is 19.9 Å². The molecule has 1 atom stereocenters. The highest BCUT2D eigenvalue weighted by molar-refractivity contribution is 5.91. The Morgan fingerprint density at radius 3 is 1.83 bits per heavy atom. The summed E-state index contributed by atoms with van der Waals surface area (Å²) in [5.74, 6) is -0.902. The number of alkyl carbamates (subject to hydrolysis) is 1. The lowest BCUT2D eigenvalue weighted by Crippen LogP contribution is -2.54. The van der Waals surface area contributed by atoms with Gasteiger partial charge >= 0.3 is 6.09 Å². The largest absolute Gasteiger partial charge is 0.444 e. The lowest BCUT2D eigenvalue weighted by molar-refractivity contribution is -0.129. The molecule has 1 aliphatic rings. The van der Waals surface area contributed by atoms with Gasteiger partial charge < -0.3 is 26.1 Å². The lowest BCUT2D eigenvalue weighted by atomic mass is 9.77. The molecule has 0 radical (unpaired) electrons. The Balaban J connectivity index is 1.62. The van der Waals surface area contributed by atoms with E-state index in [9.17, 15) is 14.4 Å².